The molecule has 0 fully saturated rings. The molecule has 0 amide bonds. The summed E-state index contributed by atoms with van der Waals surface area (Å²) < 4.78 is 6.24. The predicted octanol–water partition coefficient (Wildman–Crippen LogP) is 2.57. The van der Waals surface area contributed by atoms with E-state index in [4.69, 9.17) is 4.74 Å². The number of aryl methyl sites for hydroxylation is 1. The molecule has 0 unspecified atom stereocenters. The van der Waals surface area contributed by atoms with E-state index in [0.717, 1.165) is 16.6 Å². The maximum atomic E-state index is 12.6. The molecule has 2 aromatic rings. The van der Waals surface area contributed by atoms with Crippen LogP contribution in [0.25, 0.3) is 10.2 Å². The summed E-state index contributed by atoms with van der Waals surface area (Å²) in [5, 5.41) is 1.02. The summed E-state index contributed by atoms with van der Waals surface area (Å²) in [5.41, 5.74) is -0.149. The van der Waals surface area contributed by atoms with Crippen LogP contribution in [0, 0.1) is 6.92 Å². The molecule has 0 bridgehead atoms. The number of hydrogen-bond donors (Lipinski definition) is 0. The van der Waals surface area contributed by atoms with Gasteiger partial charge in [0, 0.05) is 11.4 Å². The van der Waals surface area contributed by atoms with Crippen LogP contribution in [0.5, 0.6) is 0 Å². The van der Waals surface area contributed by atoms with Crippen LogP contribution in [0.15, 0.2) is 28.7 Å². The molecule has 6 nitrogen and oxygen atoms in total. The fourth-order valence-electron chi connectivity index (χ4n) is 2.09. The molecule has 0 aliphatic heterocycles. The van der Waals surface area contributed by atoms with Crippen LogP contribution in [0.3, 0.4) is 0 Å². The van der Waals surface area contributed by atoms with Gasteiger partial charge in [-0.05, 0) is 19.9 Å². The van der Waals surface area contributed by atoms with Crippen LogP contribution in [0.1, 0.15) is 18.2 Å². The molecule has 128 valence electrons. The van der Waals surface area contributed by atoms with Crippen molar-refractivity contribution in [1.29, 1.82) is 0 Å². The van der Waals surface area contributed by atoms with Gasteiger partial charge < -0.3 is 4.74 Å². The topological polar surface area (TPSA) is 78.3 Å². The maximum Gasteiger partial charge on any atom is 0.313 e. The van der Waals surface area contributed by atoms with Crippen molar-refractivity contribution in [2.45, 2.75) is 32.0 Å². The lowest BCUT2D eigenvalue weighted by molar-refractivity contribution is -0.145. The van der Waals surface area contributed by atoms with Crippen molar-refractivity contribution in [3.8, 4) is 0 Å². The third kappa shape index (κ3) is 4.33. The highest BCUT2D eigenvalue weighted by molar-refractivity contribution is 7.99. The summed E-state index contributed by atoms with van der Waals surface area (Å²) in [6, 6.07) is 1.81. The number of Topliss-reactive ketones (excluding diaryl/α,β-unsaturated/α-hetero) is 1. The third-order valence-corrected chi connectivity index (χ3v) is 5.04. The number of hydrogen-bond acceptors (Lipinski definition) is 7. The van der Waals surface area contributed by atoms with E-state index in [-0.39, 0.29) is 30.1 Å². The number of thiophene rings is 1. The summed E-state index contributed by atoms with van der Waals surface area (Å²) in [7, 11) is 0. The van der Waals surface area contributed by atoms with Crippen LogP contribution in [0.4, 0.5) is 0 Å². The summed E-state index contributed by atoms with van der Waals surface area (Å²) in [5.74, 6) is -0.748. The summed E-state index contributed by atoms with van der Waals surface area (Å²) in [6.07, 6.45) is 1.34. The van der Waals surface area contributed by atoms with Crippen LogP contribution in [-0.4, -0.2) is 33.7 Å². The largest absolute Gasteiger partial charge is 0.466 e. The average Bonchev–Trinajstić information content (AvgIpc) is 2.89. The molecule has 0 saturated carbocycles. The van der Waals surface area contributed by atoms with Gasteiger partial charge in [-0.3, -0.25) is 19.0 Å². The molecule has 0 radical (unpaired) electrons. The van der Waals surface area contributed by atoms with Gasteiger partial charge in [0.15, 0.2) is 10.9 Å². The second kappa shape index (κ2) is 8.25. The van der Waals surface area contributed by atoms with Gasteiger partial charge in [0.1, 0.15) is 11.3 Å². The minimum atomic E-state index is -0.538. The van der Waals surface area contributed by atoms with Crippen LogP contribution >= 0.6 is 23.1 Å². The lowest BCUT2D eigenvalue weighted by atomic mass is 10.3. The second-order valence-electron chi connectivity index (χ2n) is 4.98. The van der Waals surface area contributed by atoms with E-state index in [2.05, 4.69) is 11.6 Å². The molecule has 2 rings (SSSR count). The molecule has 0 N–H and O–H groups in total. The number of nitrogens with zero attached hydrogens (tertiary/aromatic N) is 2. The molecular weight excluding hydrogens is 348 g/mol. The Labute approximate surface area is 147 Å². The van der Waals surface area contributed by atoms with E-state index in [1.165, 1.54) is 15.9 Å². The quantitative estimate of drug-likeness (QED) is 0.235. The van der Waals surface area contributed by atoms with E-state index in [1.54, 1.807) is 13.0 Å². The Morgan fingerprint density at radius 3 is 2.92 bits per heavy atom. The number of rotatable bonds is 8. The minimum absolute atomic E-state index is 0.0538. The van der Waals surface area contributed by atoms with E-state index in [1.807, 2.05) is 13.0 Å². The van der Waals surface area contributed by atoms with Gasteiger partial charge in [-0.1, -0.05) is 17.8 Å². The molecule has 0 aliphatic rings. The summed E-state index contributed by atoms with van der Waals surface area (Å²) >= 11 is 2.58. The van der Waals surface area contributed by atoms with Gasteiger partial charge >= 0.3 is 5.97 Å². The molecule has 0 spiro atoms. The fraction of sp³-hybridized carbons (Fsp3) is 0.375. The number of fused-ring (bicyclic) bond motifs is 1. The fourth-order valence-corrected chi connectivity index (χ4v) is 3.88. The van der Waals surface area contributed by atoms with Crippen molar-refractivity contribution in [3.05, 3.63) is 34.0 Å². The van der Waals surface area contributed by atoms with E-state index < -0.39 is 5.97 Å². The molecule has 0 saturated heterocycles. The summed E-state index contributed by atoms with van der Waals surface area (Å²) in [4.78, 5) is 41.9. The zero-order chi connectivity index (χ0) is 17.7. The second-order valence-corrected chi connectivity index (χ2v) is 7.16. The Morgan fingerprint density at radius 2 is 2.25 bits per heavy atom. The monoisotopic (exact) mass is 366 g/mol. The molecule has 24 heavy (non-hydrogen) atoms. The molecule has 0 aliphatic carbocycles. The van der Waals surface area contributed by atoms with Crippen molar-refractivity contribution in [2.75, 3.05) is 12.4 Å². The van der Waals surface area contributed by atoms with Gasteiger partial charge in [-0.25, -0.2) is 4.98 Å². The lowest BCUT2D eigenvalue weighted by Crippen LogP contribution is -2.22. The van der Waals surface area contributed by atoms with Crippen molar-refractivity contribution in [3.63, 3.8) is 0 Å². The van der Waals surface area contributed by atoms with Crippen LogP contribution < -0.4 is 5.56 Å². The maximum absolute atomic E-state index is 12.6. The molecular formula is C16H18N2O4S2. The molecule has 2 heterocycles. The first-order valence-corrected chi connectivity index (χ1v) is 9.18. The number of aromatic nitrogens is 2. The summed E-state index contributed by atoms with van der Waals surface area (Å²) in [6.45, 7) is 7.81. The zero-order valence-corrected chi connectivity index (χ0v) is 15.2. The standard InChI is InChI=1S/C16H18N2O4S2/c1-4-6-18-15(21)12-7-10(3)24-14(12)17-16(18)23-9-11(19)8-13(20)22-5-2/h4,7H,1,5-6,8-9H2,2-3H3. The highest BCUT2D eigenvalue weighted by atomic mass is 32.2. The van der Waals surface area contributed by atoms with Crippen LogP contribution in [0.2, 0.25) is 0 Å². The lowest BCUT2D eigenvalue weighted by Gasteiger charge is -2.09. The number of allylic oxidation sites excluding steroid dienone is 1. The Morgan fingerprint density at radius 1 is 1.50 bits per heavy atom. The van der Waals surface area contributed by atoms with Gasteiger partial charge in [0.2, 0.25) is 0 Å². The predicted molar refractivity (Wildman–Crippen MR) is 95.8 cm³/mol. The molecule has 0 aromatic carbocycles. The van der Waals surface area contributed by atoms with Crippen molar-refractivity contribution >= 4 is 45.1 Å². The number of thioether (sulfide) groups is 1. The van der Waals surface area contributed by atoms with Crippen LogP contribution in [-0.2, 0) is 20.9 Å². The first kappa shape index (κ1) is 18.4. The number of ether oxygens (including phenoxy) is 1. The minimum Gasteiger partial charge on any atom is -0.466 e. The number of carbonyl (C=O) groups excluding carboxylic acids is 2. The normalized spacial score (nSPS) is 10.8. The molecule has 8 heteroatoms. The number of carbonyl (C=O) groups is 2. The SMILES string of the molecule is C=CCn1c(SCC(=O)CC(=O)OCC)nc2sc(C)cc2c1=O. The van der Waals surface area contributed by atoms with E-state index >= 15 is 0 Å². The van der Waals surface area contributed by atoms with E-state index in [0.29, 0.717) is 21.9 Å². The van der Waals surface area contributed by atoms with Gasteiger partial charge in [-0.15, -0.1) is 17.9 Å². The first-order chi connectivity index (χ1) is 11.5. The molecule has 2 aromatic heterocycles. The molecule has 0 atom stereocenters. The van der Waals surface area contributed by atoms with Crippen molar-refractivity contribution < 1.29 is 14.3 Å². The van der Waals surface area contributed by atoms with Crippen molar-refractivity contribution in [2.24, 2.45) is 0 Å². The number of esters is 1. The van der Waals surface area contributed by atoms with Gasteiger partial charge in [0.05, 0.1) is 17.7 Å². The Bertz CT molecular complexity index is 838. The highest BCUT2D eigenvalue weighted by Crippen LogP contribution is 2.24. The smallest absolute Gasteiger partial charge is 0.313 e. The van der Waals surface area contributed by atoms with Crippen molar-refractivity contribution in [1.82, 2.24) is 9.55 Å². The Balaban J connectivity index is 2.22. The van der Waals surface area contributed by atoms with Gasteiger partial charge in [-0.2, -0.15) is 0 Å². The highest BCUT2D eigenvalue weighted by Gasteiger charge is 2.16. The zero-order valence-electron chi connectivity index (χ0n) is 13.5. The first-order valence-electron chi connectivity index (χ1n) is 7.38. The van der Waals surface area contributed by atoms with E-state index in [9.17, 15) is 14.4 Å². The Kier molecular flexibility index (Phi) is 6.33. The Hall–Kier alpha value is -1.93. The van der Waals surface area contributed by atoms with Gasteiger partial charge in [0.25, 0.3) is 5.56 Å². The average molecular weight is 366 g/mol. The third-order valence-electron chi connectivity index (χ3n) is 3.06. The number of ketones is 1.